The van der Waals surface area contributed by atoms with Crippen LogP contribution in [0.3, 0.4) is 0 Å². The average molecular weight is 708 g/mol. The number of anilines is 1. The topological polar surface area (TPSA) is 84.5 Å². The Morgan fingerprint density at radius 3 is 2.06 bits per heavy atom. The fourth-order valence-electron chi connectivity index (χ4n) is 7.62. The minimum atomic E-state index is -3.79. The van der Waals surface area contributed by atoms with Crippen LogP contribution in [-0.2, 0) is 33.2 Å². The fraction of sp³-hybridized carbons (Fsp3) is 0.657. The van der Waals surface area contributed by atoms with Gasteiger partial charge in [0.25, 0.3) is 10.2 Å². The third-order valence-electron chi connectivity index (χ3n) is 10.4. The van der Waals surface area contributed by atoms with Crippen molar-refractivity contribution in [2.75, 3.05) is 64.8 Å². The van der Waals surface area contributed by atoms with Crippen molar-refractivity contribution in [3.05, 3.63) is 58.6 Å². The lowest BCUT2D eigenvalue weighted by atomic mass is 9.84. The van der Waals surface area contributed by atoms with Crippen LogP contribution in [0, 0.1) is 11.8 Å². The summed E-state index contributed by atoms with van der Waals surface area (Å²) in [6, 6.07) is 13.1. The molecule has 0 bridgehead atoms. The quantitative estimate of drug-likeness (QED) is 0.367. The van der Waals surface area contributed by atoms with Crippen LogP contribution in [0.5, 0.6) is 0 Å². The van der Waals surface area contributed by atoms with E-state index in [-0.39, 0.29) is 23.9 Å². The first-order valence-corrected chi connectivity index (χ1v) is 20.6. The van der Waals surface area contributed by atoms with E-state index in [9.17, 15) is 16.8 Å². The van der Waals surface area contributed by atoms with Gasteiger partial charge in [-0.15, -0.1) is 0 Å². The maximum atomic E-state index is 14.3. The van der Waals surface area contributed by atoms with E-state index >= 15 is 0 Å². The summed E-state index contributed by atoms with van der Waals surface area (Å²) in [6.07, 6.45) is 8.35. The van der Waals surface area contributed by atoms with Gasteiger partial charge in [-0.25, -0.2) is 8.42 Å². The molecule has 1 saturated heterocycles. The normalized spacial score (nSPS) is 23.4. The molecule has 0 spiro atoms. The molecule has 0 radical (unpaired) electrons. The number of nitrogens with zero attached hydrogens (tertiary/aromatic N) is 5. The van der Waals surface area contributed by atoms with Crippen molar-refractivity contribution < 1.29 is 16.8 Å². The molecule has 1 aliphatic carbocycles. The predicted octanol–water partition coefficient (Wildman–Crippen LogP) is 5.70. The summed E-state index contributed by atoms with van der Waals surface area (Å²) in [4.78, 5) is 4.72. The molecule has 0 amide bonds. The van der Waals surface area contributed by atoms with Crippen LogP contribution in [-0.4, -0.2) is 101 Å². The molecule has 0 aromatic heterocycles. The van der Waals surface area contributed by atoms with Gasteiger partial charge in [0.05, 0.1) is 4.90 Å². The zero-order valence-electron chi connectivity index (χ0n) is 28.7. The summed E-state index contributed by atoms with van der Waals surface area (Å²) in [5, 5.41) is 0.664. The minimum absolute atomic E-state index is 0.201. The smallest absolute Gasteiger partial charge is 0.282 e. The minimum Gasteiger partial charge on any atom is -0.378 e. The van der Waals surface area contributed by atoms with E-state index < -0.39 is 20.2 Å². The lowest BCUT2D eigenvalue weighted by molar-refractivity contribution is 0.119. The second-order valence-corrected chi connectivity index (χ2v) is 18.4. The van der Waals surface area contributed by atoms with E-state index in [0.717, 1.165) is 42.7 Å². The SMILES string of the molecule is C[C@H]1CN(S(=O)(=O)c2ccc(N(C)C)cc2)CCCN([C@@H](C)C2CCCCC2)CCCN(S(=O)(=O)N2CCc3cc(Cl)ccc3C2)C1. The number of benzene rings is 2. The Labute approximate surface area is 289 Å². The average Bonchev–Trinajstić information content (AvgIpc) is 3.05. The van der Waals surface area contributed by atoms with E-state index in [1.54, 1.807) is 25.0 Å². The monoisotopic (exact) mass is 707 g/mol. The zero-order chi connectivity index (χ0) is 33.8. The Hall–Kier alpha value is -1.73. The highest BCUT2D eigenvalue weighted by Crippen LogP contribution is 2.31. The zero-order valence-corrected chi connectivity index (χ0v) is 31.0. The van der Waals surface area contributed by atoms with E-state index in [4.69, 9.17) is 11.6 Å². The summed E-state index contributed by atoms with van der Waals surface area (Å²) >= 11 is 6.22. The van der Waals surface area contributed by atoms with Crippen molar-refractivity contribution in [3.63, 3.8) is 0 Å². The van der Waals surface area contributed by atoms with Crippen molar-refractivity contribution in [3.8, 4) is 0 Å². The number of fused-ring (bicyclic) bond motifs is 1. The van der Waals surface area contributed by atoms with Gasteiger partial charge in [-0.1, -0.05) is 43.9 Å². The number of sulfonamides is 1. The van der Waals surface area contributed by atoms with Crippen LogP contribution in [0.15, 0.2) is 47.4 Å². The van der Waals surface area contributed by atoms with Gasteiger partial charge in [-0.05, 0) is 111 Å². The van der Waals surface area contributed by atoms with Crippen LogP contribution < -0.4 is 4.90 Å². The standard InChI is InChI=1S/C35H54ClN5O4S2/c1-28-25-39(46(42,43)35-16-14-34(15-17-35)37(3)4)21-8-19-38(29(2)30-10-6-5-7-11-30)20-9-22-40(26-28)47(44,45)41-23-18-31-24-33(36)13-12-32(31)27-41/h12-17,24,28-30H,5-11,18-23,25-27H2,1-4H3/t28-,29-/m0/s1. The highest BCUT2D eigenvalue weighted by atomic mass is 35.5. The lowest BCUT2D eigenvalue weighted by Gasteiger charge is -2.39. The van der Waals surface area contributed by atoms with E-state index in [2.05, 4.69) is 11.8 Å². The van der Waals surface area contributed by atoms with Gasteiger partial charge in [0.2, 0.25) is 10.0 Å². The van der Waals surface area contributed by atoms with E-state index in [1.807, 2.05) is 56.3 Å². The maximum Gasteiger partial charge on any atom is 0.282 e. The van der Waals surface area contributed by atoms with E-state index in [0.29, 0.717) is 49.6 Å². The highest BCUT2D eigenvalue weighted by molar-refractivity contribution is 7.89. The molecule has 2 atom stereocenters. The molecule has 12 heteroatoms. The molecule has 0 unspecified atom stereocenters. The Balaban J connectivity index is 1.41. The molecule has 262 valence electrons. The second-order valence-electron chi connectivity index (χ2n) is 14.1. The molecule has 2 aromatic carbocycles. The Kier molecular flexibility index (Phi) is 12.3. The largest absolute Gasteiger partial charge is 0.378 e. The molecule has 1 saturated carbocycles. The maximum absolute atomic E-state index is 14.3. The molecule has 9 nitrogen and oxygen atoms in total. The summed E-state index contributed by atoms with van der Waals surface area (Å²) in [6.45, 7) is 7.89. The number of rotatable bonds is 7. The highest BCUT2D eigenvalue weighted by Gasteiger charge is 2.35. The van der Waals surface area contributed by atoms with Gasteiger partial charge in [0, 0.05) is 70.1 Å². The van der Waals surface area contributed by atoms with Gasteiger partial charge in [0.1, 0.15) is 0 Å². The summed E-state index contributed by atoms with van der Waals surface area (Å²) < 4.78 is 61.6. The number of hydrogen-bond acceptors (Lipinski definition) is 6. The first-order valence-electron chi connectivity index (χ1n) is 17.4. The van der Waals surface area contributed by atoms with Crippen molar-refractivity contribution in [1.29, 1.82) is 0 Å². The molecular formula is C35H54ClN5O4S2. The third kappa shape index (κ3) is 8.90. The predicted molar refractivity (Wildman–Crippen MR) is 192 cm³/mol. The Morgan fingerprint density at radius 2 is 1.40 bits per heavy atom. The summed E-state index contributed by atoms with van der Waals surface area (Å²) in [5.41, 5.74) is 3.01. The molecule has 2 aromatic rings. The summed E-state index contributed by atoms with van der Waals surface area (Å²) in [7, 11) is -3.72. The number of hydrogen-bond donors (Lipinski definition) is 0. The van der Waals surface area contributed by atoms with Crippen molar-refractivity contribution in [2.45, 2.75) is 82.7 Å². The molecule has 2 fully saturated rings. The first-order chi connectivity index (χ1) is 22.4. The molecule has 3 aliphatic rings. The molecule has 5 rings (SSSR count). The second kappa shape index (κ2) is 15.9. The fourth-order valence-corrected chi connectivity index (χ4v) is 11.2. The third-order valence-corrected chi connectivity index (χ3v) is 14.5. The molecule has 0 N–H and O–H groups in total. The van der Waals surface area contributed by atoms with Crippen molar-refractivity contribution in [1.82, 2.24) is 17.8 Å². The van der Waals surface area contributed by atoms with Crippen molar-refractivity contribution in [2.24, 2.45) is 11.8 Å². The molecule has 2 heterocycles. The number of halogens is 1. The van der Waals surface area contributed by atoms with Crippen LogP contribution >= 0.6 is 11.6 Å². The summed E-state index contributed by atoms with van der Waals surface area (Å²) in [5.74, 6) is 0.418. The lowest BCUT2D eigenvalue weighted by Crippen LogP contribution is -2.50. The Morgan fingerprint density at radius 1 is 0.766 bits per heavy atom. The molecule has 2 aliphatic heterocycles. The van der Waals surface area contributed by atoms with Gasteiger partial charge in [0.15, 0.2) is 0 Å². The molecular weight excluding hydrogens is 654 g/mol. The van der Waals surface area contributed by atoms with E-state index in [1.165, 1.54) is 32.1 Å². The van der Waals surface area contributed by atoms with Crippen molar-refractivity contribution >= 4 is 37.5 Å². The van der Waals surface area contributed by atoms with Crippen LogP contribution in [0.25, 0.3) is 0 Å². The van der Waals surface area contributed by atoms with Crippen LogP contribution in [0.4, 0.5) is 5.69 Å². The van der Waals surface area contributed by atoms with Gasteiger partial charge in [-0.3, -0.25) is 0 Å². The van der Waals surface area contributed by atoms with Gasteiger partial charge in [-0.2, -0.15) is 21.3 Å². The Bertz CT molecular complexity index is 1550. The van der Waals surface area contributed by atoms with Gasteiger partial charge < -0.3 is 9.80 Å². The van der Waals surface area contributed by atoms with Crippen LogP contribution in [0.2, 0.25) is 5.02 Å². The van der Waals surface area contributed by atoms with Gasteiger partial charge >= 0.3 is 0 Å². The molecule has 47 heavy (non-hydrogen) atoms. The first kappa shape index (κ1) is 36.5. The van der Waals surface area contributed by atoms with Crippen LogP contribution in [0.1, 0.15) is 69.9 Å².